The normalized spacial score (nSPS) is 11.8. The van der Waals surface area contributed by atoms with E-state index in [-0.39, 0.29) is 5.97 Å². The number of benzene rings is 2. The van der Waals surface area contributed by atoms with E-state index in [4.69, 9.17) is 9.47 Å². The van der Waals surface area contributed by atoms with E-state index in [1.165, 1.54) is 0 Å². The zero-order valence-electron chi connectivity index (χ0n) is 16.1. The van der Waals surface area contributed by atoms with Crippen molar-refractivity contribution in [3.05, 3.63) is 71.8 Å². The van der Waals surface area contributed by atoms with Crippen LogP contribution in [0.4, 0.5) is 0 Å². The van der Waals surface area contributed by atoms with E-state index in [0.717, 1.165) is 11.1 Å². The molecule has 140 valence electrons. The van der Waals surface area contributed by atoms with Gasteiger partial charge in [0.15, 0.2) is 0 Å². The van der Waals surface area contributed by atoms with Crippen LogP contribution in [-0.2, 0) is 19.9 Å². The third-order valence-electron chi connectivity index (χ3n) is 4.57. The minimum atomic E-state index is -1.26. The molecule has 0 aliphatic carbocycles. The Morgan fingerprint density at radius 1 is 1.00 bits per heavy atom. The second kappa shape index (κ2) is 9.51. The topological polar surface area (TPSA) is 38.8 Å². The Morgan fingerprint density at radius 3 is 1.92 bits per heavy atom. The van der Waals surface area contributed by atoms with E-state index in [0.29, 0.717) is 25.8 Å². The van der Waals surface area contributed by atoms with Gasteiger partial charge in [0.2, 0.25) is 5.60 Å². The highest BCUT2D eigenvalue weighted by atomic mass is 16.6. The van der Waals surface area contributed by atoms with Gasteiger partial charge in [0, 0.05) is 19.2 Å². The minimum Gasteiger partial charge on any atom is -0.462 e. The van der Waals surface area contributed by atoms with Gasteiger partial charge in [-0.2, -0.15) is 0 Å². The molecule has 0 aliphatic rings. The highest BCUT2D eigenvalue weighted by Gasteiger charge is 2.44. The lowest BCUT2D eigenvalue weighted by Gasteiger charge is -2.32. The summed E-state index contributed by atoms with van der Waals surface area (Å²) in [6.07, 6.45) is 0. The third kappa shape index (κ3) is 4.51. The highest BCUT2D eigenvalue weighted by molar-refractivity contribution is 5.85. The van der Waals surface area contributed by atoms with Crippen molar-refractivity contribution in [1.82, 2.24) is 4.90 Å². The van der Waals surface area contributed by atoms with Gasteiger partial charge in [-0.1, -0.05) is 60.7 Å². The van der Waals surface area contributed by atoms with E-state index in [9.17, 15) is 4.79 Å². The molecule has 0 fully saturated rings. The van der Waals surface area contributed by atoms with Crippen LogP contribution < -0.4 is 0 Å². The number of likely N-dealkylation sites (N-methyl/N-ethyl adjacent to an activating group) is 1. The van der Waals surface area contributed by atoms with Crippen LogP contribution in [0.2, 0.25) is 0 Å². The Labute approximate surface area is 156 Å². The number of hydrogen-bond acceptors (Lipinski definition) is 4. The number of rotatable bonds is 9. The summed E-state index contributed by atoms with van der Waals surface area (Å²) in [5.41, 5.74) is 0.291. The molecule has 0 amide bonds. The maximum absolute atomic E-state index is 13.2. The Morgan fingerprint density at radius 2 is 1.50 bits per heavy atom. The van der Waals surface area contributed by atoms with E-state index in [1.807, 2.05) is 74.6 Å². The molecule has 2 rings (SSSR count). The Balaban J connectivity index is 2.35. The summed E-state index contributed by atoms with van der Waals surface area (Å²) in [6, 6.07) is 19.5. The van der Waals surface area contributed by atoms with Crippen molar-refractivity contribution in [3.8, 4) is 0 Å². The number of carbonyl (C=O) groups is 1. The summed E-state index contributed by atoms with van der Waals surface area (Å²) in [4.78, 5) is 15.4. The van der Waals surface area contributed by atoms with E-state index in [1.54, 1.807) is 0 Å². The molecule has 0 saturated heterocycles. The largest absolute Gasteiger partial charge is 0.462 e. The summed E-state index contributed by atoms with van der Waals surface area (Å²) in [5.74, 6) is -0.381. The predicted molar refractivity (Wildman–Crippen MR) is 104 cm³/mol. The summed E-state index contributed by atoms with van der Waals surface area (Å²) in [5, 5.41) is 0. The van der Waals surface area contributed by atoms with Gasteiger partial charge in [0.25, 0.3) is 0 Å². The lowest BCUT2D eigenvalue weighted by atomic mass is 9.86. The van der Waals surface area contributed by atoms with Crippen molar-refractivity contribution in [2.75, 3.05) is 26.8 Å². The molecule has 0 aromatic heterocycles. The summed E-state index contributed by atoms with van der Waals surface area (Å²) < 4.78 is 11.8. The second-order valence-corrected chi connectivity index (χ2v) is 6.56. The van der Waals surface area contributed by atoms with Crippen molar-refractivity contribution in [2.45, 2.75) is 32.4 Å². The average molecular weight is 355 g/mol. The monoisotopic (exact) mass is 355 g/mol. The van der Waals surface area contributed by atoms with Crippen LogP contribution in [0.25, 0.3) is 0 Å². The first kappa shape index (κ1) is 20.1. The summed E-state index contributed by atoms with van der Waals surface area (Å²) >= 11 is 0. The standard InChI is InChI=1S/C22H29NO3/c1-5-26-22(19-12-8-6-9-13-19,20-14-10-7-11-15-20)21(24)25-17-16-23(4)18(2)3/h6-15,18H,5,16-17H2,1-4H3. The van der Waals surface area contributed by atoms with Crippen LogP contribution in [0.1, 0.15) is 31.9 Å². The van der Waals surface area contributed by atoms with Crippen molar-refractivity contribution in [3.63, 3.8) is 0 Å². The quantitative estimate of drug-likeness (QED) is 0.641. The number of hydrogen-bond donors (Lipinski definition) is 0. The first-order valence-electron chi connectivity index (χ1n) is 9.14. The van der Waals surface area contributed by atoms with Crippen molar-refractivity contribution in [2.24, 2.45) is 0 Å². The zero-order chi connectivity index (χ0) is 19.0. The maximum atomic E-state index is 13.2. The summed E-state index contributed by atoms with van der Waals surface area (Å²) in [7, 11) is 2.02. The van der Waals surface area contributed by atoms with Crippen LogP contribution in [0.5, 0.6) is 0 Å². The second-order valence-electron chi connectivity index (χ2n) is 6.56. The van der Waals surface area contributed by atoms with Gasteiger partial charge in [0.1, 0.15) is 6.61 Å². The zero-order valence-corrected chi connectivity index (χ0v) is 16.1. The van der Waals surface area contributed by atoms with Crippen LogP contribution >= 0.6 is 0 Å². The lowest BCUT2D eigenvalue weighted by molar-refractivity contribution is -0.168. The molecule has 0 bridgehead atoms. The Hall–Kier alpha value is -2.17. The third-order valence-corrected chi connectivity index (χ3v) is 4.57. The predicted octanol–water partition coefficient (Wildman–Crippen LogP) is 3.85. The lowest BCUT2D eigenvalue weighted by Crippen LogP contribution is -2.42. The van der Waals surface area contributed by atoms with Gasteiger partial charge in [-0.3, -0.25) is 0 Å². The molecule has 0 aliphatic heterocycles. The van der Waals surface area contributed by atoms with Crippen molar-refractivity contribution >= 4 is 5.97 Å². The highest BCUT2D eigenvalue weighted by Crippen LogP contribution is 2.35. The molecule has 2 aromatic carbocycles. The number of carbonyl (C=O) groups excluding carboxylic acids is 1. The first-order chi connectivity index (χ1) is 12.5. The molecular formula is C22H29NO3. The molecule has 0 unspecified atom stereocenters. The molecule has 0 radical (unpaired) electrons. The smallest absolute Gasteiger partial charge is 0.347 e. The molecular weight excluding hydrogens is 326 g/mol. The number of esters is 1. The fourth-order valence-corrected chi connectivity index (χ4v) is 2.83. The van der Waals surface area contributed by atoms with Crippen molar-refractivity contribution in [1.29, 1.82) is 0 Å². The van der Waals surface area contributed by atoms with Crippen LogP contribution in [0.15, 0.2) is 60.7 Å². The molecule has 0 N–H and O–H groups in total. The van der Waals surface area contributed by atoms with Gasteiger partial charge in [-0.25, -0.2) is 4.79 Å². The Kier molecular flexibility index (Phi) is 7.37. The molecule has 4 heteroatoms. The van der Waals surface area contributed by atoms with Gasteiger partial charge in [-0.15, -0.1) is 0 Å². The maximum Gasteiger partial charge on any atom is 0.347 e. The SMILES string of the molecule is CCOC(C(=O)OCCN(C)C(C)C)(c1ccccc1)c1ccccc1. The van der Waals surface area contributed by atoms with E-state index in [2.05, 4.69) is 18.7 Å². The molecule has 26 heavy (non-hydrogen) atoms. The molecule has 0 spiro atoms. The summed E-state index contributed by atoms with van der Waals surface area (Å²) in [6.45, 7) is 7.50. The molecule has 4 nitrogen and oxygen atoms in total. The number of ether oxygens (including phenoxy) is 2. The first-order valence-corrected chi connectivity index (χ1v) is 9.14. The van der Waals surface area contributed by atoms with Crippen molar-refractivity contribution < 1.29 is 14.3 Å². The van der Waals surface area contributed by atoms with Crippen LogP contribution in [0, 0.1) is 0 Å². The van der Waals surface area contributed by atoms with Gasteiger partial charge in [0.05, 0.1) is 0 Å². The van der Waals surface area contributed by atoms with Crippen LogP contribution in [0.3, 0.4) is 0 Å². The van der Waals surface area contributed by atoms with Crippen LogP contribution in [-0.4, -0.2) is 43.7 Å². The molecule has 0 atom stereocenters. The van der Waals surface area contributed by atoms with Gasteiger partial charge in [-0.05, 0) is 38.9 Å². The van der Waals surface area contributed by atoms with Gasteiger partial charge >= 0.3 is 5.97 Å². The average Bonchev–Trinajstić information content (AvgIpc) is 2.67. The Bertz CT molecular complexity index is 631. The van der Waals surface area contributed by atoms with E-state index < -0.39 is 5.60 Å². The fraction of sp³-hybridized carbons (Fsp3) is 0.409. The molecule has 2 aromatic rings. The number of nitrogens with zero attached hydrogens (tertiary/aromatic N) is 1. The fourth-order valence-electron chi connectivity index (χ4n) is 2.83. The molecule has 0 saturated carbocycles. The van der Waals surface area contributed by atoms with E-state index >= 15 is 0 Å². The minimum absolute atomic E-state index is 0.321. The van der Waals surface area contributed by atoms with Gasteiger partial charge < -0.3 is 14.4 Å². The molecule has 0 heterocycles.